The van der Waals surface area contributed by atoms with Crippen molar-refractivity contribution >= 4 is 17.8 Å². The van der Waals surface area contributed by atoms with Gasteiger partial charge in [-0.25, -0.2) is 4.79 Å². The first-order chi connectivity index (χ1) is 12.9. The van der Waals surface area contributed by atoms with Crippen LogP contribution in [-0.4, -0.2) is 42.4 Å². The van der Waals surface area contributed by atoms with Crippen molar-refractivity contribution in [2.24, 2.45) is 0 Å². The van der Waals surface area contributed by atoms with E-state index in [9.17, 15) is 14.4 Å². The van der Waals surface area contributed by atoms with Crippen molar-refractivity contribution in [3.63, 3.8) is 0 Å². The van der Waals surface area contributed by atoms with E-state index in [1.54, 1.807) is 24.3 Å². The maximum Gasteiger partial charge on any atom is 0.344 e. The minimum atomic E-state index is -0.551. The van der Waals surface area contributed by atoms with Crippen molar-refractivity contribution in [2.75, 3.05) is 19.8 Å². The highest BCUT2D eigenvalue weighted by Crippen LogP contribution is 2.23. The Morgan fingerprint density at radius 3 is 2.26 bits per heavy atom. The number of aryl methyl sites for hydroxylation is 2. The lowest BCUT2D eigenvalue weighted by Gasteiger charge is -2.15. The third-order valence-corrected chi connectivity index (χ3v) is 4.57. The zero-order valence-corrected chi connectivity index (χ0v) is 15.6. The smallest absolute Gasteiger partial charge is 0.344 e. The number of rotatable bonds is 6. The van der Waals surface area contributed by atoms with E-state index in [0.29, 0.717) is 16.9 Å². The van der Waals surface area contributed by atoms with Gasteiger partial charge in [0.05, 0.1) is 17.7 Å². The Morgan fingerprint density at radius 1 is 1.00 bits per heavy atom. The molecule has 0 spiro atoms. The summed E-state index contributed by atoms with van der Waals surface area (Å²) in [5, 5.41) is 0. The molecule has 0 N–H and O–H groups in total. The first-order valence-corrected chi connectivity index (χ1v) is 8.70. The second kappa shape index (κ2) is 7.61. The van der Waals surface area contributed by atoms with Crippen LogP contribution < -0.4 is 4.74 Å². The van der Waals surface area contributed by atoms with Crippen molar-refractivity contribution < 1.29 is 23.9 Å². The molecular formula is C21H21NO5. The van der Waals surface area contributed by atoms with Gasteiger partial charge in [0.2, 0.25) is 0 Å². The number of nitrogens with zero attached hydrogens (tertiary/aromatic N) is 1. The summed E-state index contributed by atoms with van der Waals surface area (Å²) in [6.45, 7) is 5.58. The van der Waals surface area contributed by atoms with Gasteiger partial charge in [-0.2, -0.15) is 0 Å². The zero-order chi connectivity index (χ0) is 19.6. The van der Waals surface area contributed by atoms with Gasteiger partial charge < -0.3 is 9.47 Å². The first kappa shape index (κ1) is 18.6. The topological polar surface area (TPSA) is 72.9 Å². The SMILES string of the molecule is Cc1cc(C)c(C)c(OCC(=O)OCCN2C(=O)c3ccccc3C2=O)c1. The second-order valence-corrected chi connectivity index (χ2v) is 6.52. The molecule has 0 fully saturated rings. The highest BCUT2D eigenvalue weighted by Gasteiger charge is 2.34. The molecule has 6 heteroatoms. The second-order valence-electron chi connectivity index (χ2n) is 6.52. The predicted molar refractivity (Wildman–Crippen MR) is 98.9 cm³/mol. The van der Waals surface area contributed by atoms with E-state index in [1.165, 1.54) is 0 Å². The van der Waals surface area contributed by atoms with Gasteiger partial charge in [0, 0.05) is 0 Å². The maximum atomic E-state index is 12.2. The average molecular weight is 367 g/mol. The molecule has 3 rings (SSSR count). The standard InChI is InChI=1S/C21H21NO5/c1-13-10-14(2)15(3)18(11-13)27-12-19(23)26-9-8-22-20(24)16-6-4-5-7-17(16)21(22)25/h4-7,10-11H,8-9,12H2,1-3H3. The molecule has 27 heavy (non-hydrogen) atoms. The Morgan fingerprint density at radius 2 is 1.63 bits per heavy atom. The molecule has 2 aromatic rings. The van der Waals surface area contributed by atoms with Gasteiger partial charge in [-0.3, -0.25) is 14.5 Å². The lowest BCUT2D eigenvalue weighted by molar-refractivity contribution is -0.146. The molecule has 2 aromatic carbocycles. The van der Waals surface area contributed by atoms with Gasteiger partial charge in [0.1, 0.15) is 12.4 Å². The highest BCUT2D eigenvalue weighted by molar-refractivity contribution is 6.21. The number of fused-ring (bicyclic) bond motifs is 1. The van der Waals surface area contributed by atoms with Crippen LogP contribution in [0, 0.1) is 20.8 Å². The first-order valence-electron chi connectivity index (χ1n) is 8.70. The summed E-state index contributed by atoms with van der Waals surface area (Å²) in [6.07, 6.45) is 0. The van der Waals surface area contributed by atoms with E-state index >= 15 is 0 Å². The summed E-state index contributed by atoms with van der Waals surface area (Å²) in [4.78, 5) is 37.5. The summed E-state index contributed by atoms with van der Waals surface area (Å²) in [7, 11) is 0. The van der Waals surface area contributed by atoms with Crippen molar-refractivity contribution in [3.05, 3.63) is 64.2 Å². The van der Waals surface area contributed by atoms with E-state index in [0.717, 1.165) is 21.6 Å². The van der Waals surface area contributed by atoms with E-state index in [2.05, 4.69) is 0 Å². The molecule has 2 amide bonds. The van der Waals surface area contributed by atoms with E-state index in [1.807, 2.05) is 32.9 Å². The number of imide groups is 1. The molecule has 0 unspecified atom stereocenters. The number of esters is 1. The van der Waals surface area contributed by atoms with Crippen LogP contribution in [0.2, 0.25) is 0 Å². The van der Waals surface area contributed by atoms with Crippen molar-refractivity contribution in [1.82, 2.24) is 4.90 Å². The Labute approximate surface area is 157 Å². The van der Waals surface area contributed by atoms with Gasteiger partial charge in [0.25, 0.3) is 11.8 Å². The number of ether oxygens (including phenoxy) is 2. The third kappa shape index (κ3) is 3.84. The number of hydrogen-bond acceptors (Lipinski definition) is 5. The van der Waals surface area contributed by atoms with Gasteiger partial charge in [-0.1, -0.05) is 18.2 Å². The Kier molecular flexibility index (Phi) is 5.26. The summed E-state index contributed by atoms with van der Waals surface area (Å²) in [6, 6.07) is 10.6. The fourth-order valence-corrected chi connectivity index (χ4v) is 3.02. The number of benzene rings is 2. The molecule has 1 heterocycles. The van der Waals surface area contributed by atoms with Crippen molar-refractivity contribution in [3.8, 4) is 5.75 Å². The van der Waals surface area contributed by atoms with Crippen LogP contribution in [0.5, 0.6) is 5.75 Å². The Hall–Kier alpha value is -3.15. The average Bonchev–Trinajstić information content (AvgIpc) is 2.88. The third-order valence-electron chi connectivity index (χ3n) is 4.57. The molecule has 6 nitrogen and oxygen atoms in total. The number of carbonyl (C=O) groups is 3. The van der Waals surface area contributed by atoms with Crippen molar-refractivity contribution in [1.29, 1.82) is 0 Å². The quantitative estimate of drug-likeness (QED) is 0.580. The van der Waals surface area contributed by atoms with Crippen LogP contribution in [0.1, 0.15) is 37.4 Å². The fourth-order valence-electron chi connectivity index (χ4n) is 3.02. The summed E-state index contributed by atoms with van der Waals surface area (Å²) < 4.78 is 10.7. The highest BCUT2D eigenvalue weighted by atomic mass is 16.6. The number of amides is 2. The minimum absolute atomic E-state index is 0.0146. The minimum Gasteiger partial charge on any atom is -0.482 e. The largest absolute Gasteiger partial charge is 0.482 e. The summed E-state index contributed by atoms with van der Waals surface area (Å²) in [5.41, 5.74) is 3.86. The van der Waals surface area contributed by atoms with Crippen molar-refractivity contribution in [2.45, 2.75) is 20.8 Å². The molecule has 0 saturated carbocycles. The monoisotopic (exact) mass is 367 g/mol. The number of carbonyl (C=O) groups excluding carboxylic acids is 3. The Bertz CT molecular complexity index is 884. The van der Waals surface area contributed by atoms with Gasteiger partial charge in [0.15, 0.2) is 6.61 Å². The van der Waals surface area contributed by atoms with Crippen LogP contribution in [0.15, 0.2) is 36.4 Å². The van der Waals surface area contributed by atoms with Gasteiger partial charge >= 0.3 is 5.97 Å². The lowest BCUT2D eigenvalue weighted by atomic mass is 10.1. The van der Waals surface area contributed by atoms with E-state index in [4.69, 9.17) is 9.47 Å². The van der Waals surface area contributed by atoms with Crippen LogP contribution in [-0.2, 0) is 9.53 Å². The molecule has 0 radical (unpaired) electrons. The van der Waals surface area contributed by atoms with E-state index < -0.39 is 5.97 Å². The molecule has 0 bridgehead atoms. The molecule has 0 aliphatic carbocycles. The van der Waals surface area contributed by atoms with Crippen LogP contribution in [0.25, 0.3) is 0 Å². The van der Waals surface area contributed by atoms with Crippen LogP contribution in [0.3, 0.4) is 0 Å². The van der Waals surface area contributed by atoms with E-state index in [-0.39, 0.29) is 31.6 Å². The van der Waals surface area contributed by atoms with Gasteiger partial charge in [-0.05, 0) is 55.7 Å². The van der Waals surface area contributed by atoms with Gasteiger partial charge in [-0.15, -0.1) is 0 Å². The zero-order valence-electron chi connectivity index (χ0n) is 15.6. The maximum absolute atomic E-state index is 12.2. The molecular weight excluding hydrogens is 346 g/mol. The normalized spacial score (nSPS) is 12.9. The summed E-state index contributed by atoms with van der Waals surface area (Å²) >= 11 is 0. The predicted octanol–water partition coefficient (Wildman–Crippen LogP) is 2.83. The summed E-state index contributed by atoms with van der Waals surface area (Å²) in [5.74, 6) is -0.641. The number of hydrogen-bond donors (Lipinski definition) is 0. The lowest BCUT2D eigenvalue weighted by Crippen LogP contribution is -2.34. The molecule has 140 valence electrons. The molecule has 0 aromatic heterocycles. The fraction of sp³-hybridized carbons (Fsp3) is 0.286. The molecule has 0 saturated heterocycles. The molecule has 1 aliphatic heterocycles. The Balaban J connectivity index is 1.50. The molecule has 0 atom stereocenters. The molecule has 1 aliphatic rings. The van der Waals surface area contributed by atoms with Crippen LogP contribution in [0.4, 0.5) is 0 Å². The van der Waals surface area contributed by atoms with Crippen LogP contribution >= 0.6 is 0 Å².